The van der Waals surface area contributed by atoms with Crippen LogP contribution in [0, 0.1) is 55.3 Å². The number of rotatable bonds is 4. The summed E-state index contributed by atoms with van der Waals surface area (Å²) in [6.07, 6.45) is 4.20. The van der Waals surface area contributed by atoms with E-state index in [-0.39, 0.29) is 0 Å². The van der Waals surface area contributed by atoms with Gasteiger partial charge < -0.3 is 0 Å². The third kappa shape index (κ3) is 11.1. The van der Waals surface area contributed by atoms with Gasteiger partial charge in [0.25, 0.3) is 0 Å². The van der Waals surface area contributed by atoms with Gasteiger partial charge in [-0.15, -0.1) is 0 Å². The number of hydrogen-bond acceptors (Lipinski definition) is 0. The largest absolute Gasteiger partial charge is 0.215 e. The summed E-state index contributed by atoms with van der Waals surface area (Å²) in [5, 5.41) is 0. The van der Waals surface area contributed by atoms with Gasteiger partial charge in [0.05, 0.1) is 0 Å². The van der Waals surface area contributed by atoms with Crippen molar-refractivity contribution in [3.63, 3.8) is 0 Å². The van der Waals surface area contributed by atoms with E-state index in [0.717, 1.165) is 16.8 Å². The van der Waals surface area contributed by atoms with Gasteiger partial charge in [-0.05, 0) is 112 Å². The molecule has 60 heavy (non-hydrogen) atoms. The Hall–Kier alpha value is -6.52. The highest BCUT2D eigenvalue weighted by atomic mass is 14.9. The predicted octanol–water partition coefficient (Wildman–Crippen LogP) is 11.2. The van der Waals surface area contributed by atoms with Crippen molar-refractivity contribution in [2.45, 2.75) is 55.3 Å². The van der Waals surface area contributed by atoms with E-state index in [0.29, 0.717) is 5.69 Å². The van der Waals surface area contributed by atoms with Crippen LogP contribution in [0.25, 0.3) is 45.0 Å². The van der Waals surface area contributed by atoms with Gasteiger partial charge in [0.1, 0.15) is 28.2 Å². The summed E-state index contributed by atoms with van der Waals surface area (Å²) in [4.78, 5) is 0. The van der Waals surface area contributed by atoms with Crippen LogP contribution in [0.1, 0.15) is 48.9 Å². The van der Waals surface area contributed by atoms with E-state index in [1.807, 2.05) is 37.3 Å². The summed E-state index contributed by atoms with van der Waals surface area (Å²) < 4.78 is 30.9. The highest BCUT2D eigenvalue weighted by Crippen LogP contribution is 2.24. The summed E-state index contributed by atoms with van der Waals surface area (Å²) in [5.41, 5.74) is 19.1. The molecule has 4 aromatic carbocycles. The first kappa shape index (κ1) is 40.3. The molecule has 0 aliphatic carbocycles. The van der Waals surface area contributed by atoms with Gasteiger partial charge in [-0.25, -0.2) is 9.13 Å². The summed E-state index contributed by atoms with van der Waals surface area (Å²) >= 11 is 0. The fraction of sp³-hybridized carbons (Fsp3) is 0.214. The van der Waals surface area contributed by atoms with Crippen molar-refractivity contribution in [3.8, 4) is 45.0 Å². The Morgan fingerprint density at radius 2 is 0.767 bits per heavy atom. The molecule has 0 fully saturated rings. The van der Waals surface area contributed by atoms with E-state index in [9.17, 15) is 0 Å². The first-order valence-electron chi connectivity index (χ1n) is 22.1. The first-order valence-corrected chi connectivity index (χ1v) is 20.6. The molecule has 0 bridgehead atoms. The maximum atomic E-state index is 7.54. The number of hydrogen-bond donors (Lipinski definition) is 0. The molecule has 0 unspecified atom stereocenters. The topological polar surface area (TPSA) is 15.5 Å². The zero-order valence-electron chi connectivity index (χ0n) is 40.5. The number of aromatic nitrogens is 4. The first-order chi connectivity index (χ1) is 30.0. The highest BCUT2D eigenvalue weighted by Gasteiger charge is 2.16. The summed E-state index contributed by atoms with van der Waals surface area (Å²) in [7, 11) is 8.08. The lowest BCUT2D eigenvalue weighted by atomic mass is 10.0. The third-order valence-corrected chi connectivity index (χ3v) is 11.1. The maximum Gasteiger partial charge on any atom is 0.215 e. The molecule has 0 aliphatic rings. The summed E-state index contributed by atoms with van der Waals surface area (Å²) in [6, 6.07) is 53.8. The van der Waals surface area contributed by atoms with Crippen LogP contribution in [0.3, 0.4) is 0 Å². The third-order valence-electron chi connectivity index (χ3n) is 11.1. The second-order valence-electron chi connectivity index (χ2n) is 15.6. The Kier molecular flexibility index (Phi) is 14.1. The Labute approximate surface area is 364 Å². The van der Waals surface area contributed by atoms with Gasteiger partial charge in [-0.1, -0.05) is 72.8 Å². The minimum atomic E-state index is -2.09. The monoisotopic (exact) mass is 796 g/mol. The van der Waals surface area contributed by atoms with Crippen molar-refractivity contribution in [2.24, 2.45) is 28.2 Å². The fourth-order valence-corrected chi connectivity index (χ4v) is 7.33. The zero-order valence-corrected chi connectivity index (χ0v) is 37.5. The molecule has 4 heteroatoms. The molecule has 0 radical (unpaired) electrons. The molecule has 0 aliphatic heterocycles. The summed E-state index contributed by atoms with van der Waals surface area (Å²) in [5.74, 6) is 0. The molecule has 304 valence electrons. The molecule has 0 saturated heterocycles. The van der Waals surface area contributed by atoms with Crippen molar-refractivity contribution in [2.75, 3.05) is 0 Å². The van der Waals surface area contributed by atoms with Gasteiger partial charge in [0.2, 0.25) is 22.8 Å². The molecule has 4 heterocycles. The van der Waals surface area contributed by atoms with E-state index in [2.05, 4.69) is 204 Å². The Balaban J connectivity index is 0.000000159. The molecule has 0 spiro atoms. The Morgan fingerprint density at radius 3 is 1.23 bits per heavy atom. The van der Waals surface area contributed by atoms with E-state index in [4.69, 9.17) is 4.11 Å². The van der Waals surface area contributed by atoms with Crippen LogP contribution in [-0.2, 0) is 28.2 Å². The van der Waals surface area contributed by atoms with E-state index >= 15 is 0 Å². The van der Waals surface area contributed by atoms with Gasteiger partial charge in [-0.2, -0.15) is 9.13 Å². The minimum absolute atomic E-state index is 0.350. The average molecular weight is 796 g/mol. The van der Waals surface area contributed by atoms with Crippen molar-refractivity contribution in [3.05, 3.63) is 215 Å². The average Bonchev–Trinajstić information content (AvgIpc) is 3.25. The van der Waals surface area contributed by atoms with Crippen LogP contribution in [0.4, 0.5) is 0 Å². The molecule has 0 N–H and O–H groups in total. The lowest BCUT2D eigenvalue weighted by molar-refractivity contribution is -0.666. The molecule has 0 amide bonds. The molecular weight excluding hydrogens is 729 g/mol. The minimum Gasteiger partial charge on any atom is -0.201 e. The van der Waals surface area contributed by atoms with Gasteiger partial charge >= 0.3 is 0 Å². The number of nitrogens with zero attached hydrogens (tertiary/aromatic N) is 4. The number of benzene rings is 4. The van der Waals surface area contributed by atoms with Crippen molar-refractivity contribution >= 4 is 0 Å². The molecule has 0 atom stereocenters. The van der Waals surface area contributed by atoms with E-state index < -0.39 is 6.85 Å². The van der Waals surface area contributed by atoms with E-state index in [1.54, 1.807) is 23.7 Å². The van der Waals surface area contributed by atoms with Crippen molar-refractivity contribution in [1.29, 1.82) is 0 Å². The van der Waals surface area contributed by atoms with Crippen LogP contribution in [0.2, 0.25) is 0 Å². The lowest BCUT2D eigenvalue weighted by Crippen LogP contribution is -2.34. The molecule has 4 aromatic heterocycles. The maximum absolute atomic E-state index is 7.54. The molecule has 8 aromatic rings. The van der Waals surface area contributed by atoms with Crippen molar-refractivity contribution < 1.29 is 22.4 Å². The standard InChI is InChI=1S/4C14H16N/c1-11-7-4-5-9-13(11)14-12(2)8-6-10-15(14)3;2*1-11-7-4-5-9-13(11)14-10-6-8-12(2)15(14)3;1-11-8-9-15(3)14(10-11)13-7-5-4-6-12(13)2/h4*4-10H,1-3H3/q4*+1/i;2D3;;. The smallest absolute Gasteiger partial charge is 0.201 e. The number of aryl methyl sites for hydroxylation is 10. The normalized spacial score (nSPS) is 11.3. The fourth-order valence-electron chi connectivity index (χ4n) is 7.33. The summed E-state index contributed by atoms with van der Waals surface area (Å²) in [6.45, 7) is 12.8. The van der Waals surface area contributed by atoms with Crippen LogP contribution in [-0.4, -0.2) is 0 Å². The highest BCUT2D eigenvalue weighted by molar-refractivity contribution is 5.64. The zero-order chi connectivity index (χ0) is 45.8. The van der Waals surface area contributed by atoms with Crippen LogP contribution >= 0.6 is 0 Å². The molecule has 8 rings (SSSR count). The predicted molar refractivity (Wildman–Crippen MR) is 250 cm³/mol. The Bertz CT molecular complexity index is 2740. The molecule has 4 nitrogen and oxygen atoms in total. The van der Waals surface area contributed by atoms with Gasteiger partial charge in [0.15, 0.2) is 23.8 Å². The van der Waals surface area contributed by atoms with Crippen LogP contribution < -0.4 is 18.3 Å². The second-order valence-corrected chi connectivity index (χ2v) is 15.6. The Morgan fingerprint density at radius 1 is 0.350 bits per heavy atom. The van der Waals surface area contributed by atoms with Crippen LogP contribution in [0.15, 0.2) is 170 Å². The SMILES string of the molecule is Cc1cc[n+](C)c(-c2ccccc2C)c1.Cc1ccccc1-c1c(C)ccc[n+]1C.Cc1ccccc1-c1cccc(C)[n+]1C.[2H]C([2H])([2H])c1cccc(-c2ccccc2C)[n+]1C. The lowest BCUT2D eigenvalue weighted by Gasteiger charge is -2.06. The quantitative estimate of drug-likeness (QED) is 0.158. The number of pyridine rings is 4. The second kappa shape index (κ2) is 20.9. The molecular formula is C56H64N4+4. The van der Waals surface area contributed by atoms with Gasteiger partial charge in [-0.3, -0.25) is 0 Å². The molecule has 0 saturated carbocycles. The van der Waals surface area contributed by atoms with Crippen molar-refractivity contribution in [1.82, 2.24) is 0 Å². The van der Waals surface area contributed by atoms with Gasteiger partial charge in [0, 0.05) is 88.2 Å². The van der Waals surface area contributed by atoms with E-state index in [1.165, 1.54) is 67.3 Å². The van der Waals surface area contributed by atoms with Crippen LogP contribution in [0.5, 0.6) is 0 Å².